The molecule has 1 amide bonds. The van der Waals surface area contributed by atoms with Gasteiger partial charge in [-0.05, 0) is 45.0 Å². The van der Waals surface area contributed by atoms with Gasteiger partial charge >= 0.3 is 5.97 Å². The van der Waals surface area contributed by atoms with Crippen molar-refractivity contribution >= 4 is 18.0 Å². The number of ether oxygens (including phenoxy) is 3. The maximum absolute atomic E-state index is 11.7. The Bertz CT molecular complexity index is 587. The number of methoxy groups -OCH3 is 2. The topological polar surface area (TPSA) is 73.9 Å². The van der Waals surface area contributed by atoms with Crippen molar-refractivity contribution in [2.45, 2.75) is 26.3 Å². The van der Waals surface area contributed by atoms with E-state index in [1.807, 2.05) is 20.8 Å². The maximum Gasteiger partial charge on any atom is 0.331 e. The number of esters is 1. The summed E-state index contributed by atoms with van der Waals surface area (Å²) in [4.78, 5) is 23.3. The van der Waals surface area contributed by atoms with Gasteiger partial charge in [-0.25, -0.2) is 4.79 Å². The Morgan fingerprint density at radius 3 is 2.43 bits per heavy atom. The van der Waals surface area contributed by atoms with Gasteiger partial charge in [0.1, 0.15) is 11.5 Å². The van der Waals surface area contributed by atoms with Crippen molar-refractivity contribution in [1.29, 1.82) is 0 Å². The normalized spacial score (nSPS) is 11.2. The van der Waals surface area contributed by atoms with E-state index in [9.17, 15) is 9.59 Å². The Hall–Kier alpha value is -2.50. The highest BCUT2D eigenvalue weighted by atomic mass is 16.5. The first-order chi connectivity index (χ1) is 10.7. The molecule has 0 aliphatic carbocycles. The third kappa shape index (κ3) is 6.86. The minimum atomic E-state index is -0.612. The van der Waals surface area contributed by atoms with Gasteiger partial charge in [-0.15, -0.1) is 0 Å². The lowest BCUT2D eigenvalue weighted by Crippen LogP contribution is -2.42. The van der Waals surface area contributed by atoms with Crippen molar-refractivity contribution < 1.29 is 23.8 Å². The summed E-state index contributed by atoms with van der Waals surface area (Å²) < 4.78 is 15.2. The summed E-state index contributed by atoms with van der Waals surface area (Å²) in [5, 5.41) is 2.70. The summed E-state index contributed by atoms with van der Waals surface area (Å²) in [7, 11) is 3.09. The zero-order valence-electron chi connectivity index (χ0n) is 14.1. The van der Waals surface area contributed by atoms with E-state index in [2.05, 4.69) is 5.32 Å². The van der Waals surface area contributed by atoms with Gasteiger partial charge in [0.25, 0.3) is 5.91 Å². The molecule has 0 heterocycles. The van der Waals surface area contributed by atoms with Crippen molar-refractivity contribution in [2.24, 2.45) is 0 Å². The van der Waals surface area contributed by atoms with Crippen LogP contribution in [0, 0.1) is 0 Å². The molecule has 126 valence electrons. The molecule has 0 aliphatic rings. The van der Waals surface area contributed by atoms with E-state index < -0.39 is 5.97 Å². The highest BCUT2D eigenvalue weighted by molar-refractivity contribution is 5.89. The smallest absolute Gasteiger partial charge is 0.331 e. The predicted molar refractivity (Wildman–Crippen MR) is 87.4 cm³/mol. The molecule has 23 heavy (non-hydrogen) atoms. The molecular formula is C17H23NO5. The number of carbonyl (C=O) groups is 2. The molecule has 0 spiro atoms. The van der Waals surface area contributed by atoms with Gasteiger partial charge in [-0.2, -0.15) is 0 Å². The first-order valence-electron chi connectivity index (χ1n) is 7.13. The lowest BCUT2D eigenvalue weighted by atomic mass is 10.1. The van der Waals surface area contributed by atoms with Crippen LogP contribution in [-0.2, 0) is 14.3 Å². The molecule has 0 fully saturated rings. The van der Waals surface area contributed by atoms with E-state index in [1.165, 1.54) is 13.2 Å². The molecule has 0 saturated heterocycles. The lowest BCUT2D eigenvalue weighted by molar-refractivity contribution is -0.144. The van der Waals surface area contributed by atoms with Crippen LogP contribution in [0.2, 0.25) is 0 Å². The van der Waals surface area contributed by atoms with E-state index in [-0.39, 0.29) is 18.1 Å². The fourth-order valence-electron chi connectivity index (χ4n) is 1.77. The fourth-order valence-corrected chi connectivity index (χ4v) is 1.77. The van der Waals surface area contributed by atoms with Gasteiger partial charge in [0.15, 0.2) is 6.61 Å². The zero-order chi connectivity index (χ0) is 17.5. The van der Waals surface area contributed by atoms with Crippen LogP contribution in [0.15, 0.2) is 24.3 Å². The number of hydrogen-bond acceptors (Lipinski definition) is 5. The Morgan fingerprint density at radius 2 is 1.87 bits per heavy atom. The first kappa shape index (κ1) is 18.5. The summed E-state index contributed by atoms with van der Waals surface area (Å²) in [5.41, 5.74) is 0.302. The average molecular weight is 321 g/mol. The monoisotopic (exact) mass is 321 g/mol. The van der Waals surface area contributed by atoms with Gasteiger partial charge in [-0.1, -0.05) is 0 Å². The van der Waals surface area contributed by atoms with Gasteiger partial charge in [-0.3, -0.25) is 4.79 Å². The number of benzene rings is 1. The van der Waals surface area contributed by atoms with Crippen molar-refractivity contribution in [2.75, 3.05) is 20.8 Å². The first-order valence-corrected chi connectivity index (χ1v) is 7.13. The second-order valence-corrected chi connectivity index (χ2v) is 5.85. The maximum atomic E-state index is 11.7. The Labute approximate surface area is 136 Å². The summed E-state index contributed by atoms with van der Waals surface area (Å²) in [6.45, 7) is 5.22. The third-order valence-corrected chi connectivity index (χ3v) is 2.70. The van der Waals surface area contributed by atoms with Crippen LogP contribution in [0.3, 0.4) is 0 Å². The largest absolute Gasteiger partial charge is 0.497 e. The van der Waals surface area contributed by atoms with Crippen LogP contribution in [0.25, 0.3) is 6.08 Å². The summed E-state index contributed by atoms with van der Waals surface area (Å²) in [6, 6.07) is 5.22. The molecule has 0 aliphatic heterocycles. The van der Waals surface area contributed by atoms with Gasteiger partial charge in [0.05, 0.1) is 14.2 Å². The van der Waals surface area contributed by atoms with E-state index in [0.29, 0.717) is 17.1 Å². The van der Waals surface area contributed by atoms with Crippen LogP contribution >= 0.6 is 0 Å². The number of rotatable bonds is 6. The van der Waals surface area contributed by atoms with E-state index >= 15 is 0 Å². The molecule has 1 rings (SSSR count). The van der Waals surface area contributed by atoms with Crippen molar-refractivity contribution in [3.63, 3.8) is 0 Å². The predicted octanol–water partition coefficient (Wildman–Crippen LogP) is 2.17. The lowest BCUT2D eigenvalue weighted by Gasteiger charge is -2.20. The Kier molecular flexibility index (Phi) is 6.63. The molecule has 6 heteroatoms. The molecule has 6 nitrogen and oxygen atoms in total. The van der Waals surface area contributed by atoms with Gasteiger partial charge in [0, 0.05) is 17.2 Å². The zero-order valence-corrected chi connectivity index (χ0v) is 14.1. The minimum absolute atomic E-state index is 0.324. The number of hydrogen-bond donors (Lipinski definition) is 1. The van der Waals surface area contributed by atoms with Crippen molar-refractivity contribution in [1.82, 2.24) is 5.32 Å². The Morgan fingerprint density at radius 1 is 1.17 bits per heavy atom. The minimum Gasteiger partial charge on any atom is -0.497 e. The highest BCUT2D eigenvalue weighted by Gasteiger charge is 2.14. The summed E-state index contributed by atoms with van der Waals surface area (Å²) >= 11 is 0. The molecular weight excluding hydrogens is 298 g/mol. The molecule has 0 unspecified atom stereocenters. The fraction of sp³-hybridized carbons (Fsp3) is 0.412. The SMILES string of the molecule is COc1ccc(OC)c(/C=C/C(=O)OCC(=O)NC(C)(C)C)c1. The van der Waals surface area contributed by atoms with E-state index in [0.717, 1.165) is 0 Å². The third-order valence-electron chi connectivity index (χ3n) is 2.70. The van der Waals surface area contributed by atoms with Crippen LogP contribution < -0.4 is 14.8 Å². The molecule has 1 aromatic carbocycles. The average Bonchev–Trinajstić information content (AvgIpc) is 2.48. The highest BCUT2D eigenvalue weighted by Crippen LogP contribution is 2.25. The summed E-state index contributed by atoms with van der Waals surface area (Å²) in [6.07, 6.45) is 2.78. The number of nitrogens with one attached hydrogen (secondary N) is 1. The van der Waals surface area contributed by atoms with Gasteiger partial charge < -0.3 is 19.5 Å². The molecule has 1 N–H and O–H groups in total. The van der Waals surface area contributed by atoms with Crippen molar-refractivity contribution in [3.8, 4) is 11.5 Å². The quantitative estimate of drug-likeness (QED) is 0.642. The molecule has 0 aromatic heterocycles. The molecule has 0 saturated carbocycles. The van der Waals surface area contributed by atoms with E-state index in [1.54, 1.807) is 31.4 Å². The number of carbonyl (C=O) groups excluding carboxylic acids is 2. The number of amides is 1. The van der Waals surface area contributed by atoms with Crippen molar-refractivity contribution in [3.05, 3.63) is 29.8 Å². The molecule has 1 aromatic rings. The summed E-state index contributed by atoms with van der Waals surface area (Å²) in [5.74, 6) is 0.279. The molecule has 0 radical (unpaired) electrons. The standard InChI is InChI=1S/C17H23NO5/c1-17(2,3)18-15(19)11-23-16(20)9-6-12-10-13(21-4)7-8-14(12)22-5/h6-10H,11H2,1-5H3,(H,18,19)/b9-6+. The second kappa shape index (κ2) is 8.22. The molecule has 0 bridgehead atoms. The van der Waals surface area contributed by atoms with Crippen LogP contribution in [0.4, 0.5) is 0 Å². The Balaban J connectivity index is 2.63. The second-order valence-electron chi connectivity index (χ2n) is 5.85. The van der Waals surface area contributed by atoms with Crippen LogP contribution in [0.5, 0.6) is 11.5 Å². The van der Waals surface area contributed by atoms with Crippen LogP contribution in [-0.4, -0.2) is 38.2 Å². The van der Waals surface area contributed by atoms with Crippen LogP contribution in [0.1, 0.15) is 26.3 Å². The van der Waals surface area contributed by atoms with E-state index in [4.69, 9.17) is 14.2 Å². The molecule has 0 atom stereocenters. The van der Waals surface area contributed by atoms with Gasteiger partial charge in [0.2, 0.25) is 0 Å².